The second kappa shape index (κ2) is 8.72. The van der Waals surface area contributed by atoms with Crippen LogP contribution in [0.1, 0.15) is 6.92 Å². The highest BCUT2D eigenvalue weighted by Gasteiger charge is 2.06. The van der Waals surface area contributed by atoms with E-state index in [0.717, 1.165) is 6.08 Å². The van der Waals surface area contributed by atoms with Gasteiger partial charge in [0.25, 0.3) is 0 Å². The minimum absolute atomic E-state index is 0.104. The molecule has 0 aromatic rings. The number of aliphatic carboxylic acids is 1. The van der Waals surface area contributed by atoms with Crippen molar-refractivity contribution < 1.29 is 19.4 Å². The highest BCUT2D eigenvalue weighted by Crippen LogP contribution is 1.95. The summed E-state index contributed by atoms with van der Waals surface area (Å²) in [5, 5.41) is 11.2. The number of carboxylic acids is 1. The number of carboxylic acid groups (broad SMARTS) is 1. The van der Waals surface area contributed by atoms with E-state index in [2.05, 4.69) is 5.32 Å². The van der Waals surface area contributed by atoms with Gasteiger partial charge in [-0.1, -0.05) is 5.57 Å². The summed E-state index contributed by atoms with van der Waals surface area (Å²) in [5.74, 6) is -1.08. The molecule has 0 aromatic carbocycles. The smallest absolute Gasteiger partial charge is 0.328 e. The number of nitrogens with zero attached hydrogens (tertiary/aromatic N) is 1. The molecular weight excluding hydrogens is 224 g/mol. The maximum absolute atomic E-state index is 11.4. The Bertz CT molecular complexity index is 289. The first-order valence-corrected chi connectivity index (χ1v) is 5.30. The first-order chi connectivity index (χ1) is 7.95. The Balaban J connectivity index is 3.88. The van der Waals surface area contributed by atoms with Gasteiger partial charge in [0.05, 0.1) is 13.2 Å². The first kappa shape index (κ1) is 15.6. The third-order valence-corrected chi connectivity index (χ3v) is 1.93. The topological polar surface area (TPSA) is 78.9 Å². The molecule has 98 valence electrons. The van der Waals surface area contributed by atoms with E-state index in [1.54, 1.807) is 26.0 Å². The van der Waals surface area contributed by atoms with Crippen LogP contribution in [0.3, 0.4) is 0 Å². The minimum atomic E-state index is -0.972. The number of carbonyl (C=O) groups excluding carboxylic acids is 1. The van der Waals surface area contributed by atoms with Crippen molar-refractivity contribution in [3.63, 3.8) is 0 Å². The van der Waals surface area contributed by atoms with Gasteiger partial charge in [0, 0.05) is 26.3 Å². The number of hydrogen-bond donors (Lipinski definition) is 2. The predicted molar refractivity (Wildman–Crippen MR) is 63.8 cm³/mol. The number of carbonyl (C=O) groups is 2. The highest BCUT2D eigenvalue weighted by atomic mass is 16.5. The number of methoxy groups -OCH3 is 1. The van der Waals surface area contributed by atoms with Gasteiger partial charge < -0.3 is 15.2 Å². The van der Waals surface area contributed by atoms with E-state index < -0.39 is 5.97 Å². The van der Waals surface area contributed by atoms with E-state index in [1.165, 1.54) is 0 Å². The van der Waals surface area contributed by atoms with Crippen LogP contribution < -0.4 is 5.32 Å². The summed E-state index contributed by atoms with van der Waals surface area (Å²) < 4.78 is 4.80. The lowest BCUT2D eigenvalue weighted by atomic mass is 10.2. The molecule has 0 radical (unpaired) electrons. The van der Waals surface area contributed by atoms with E-state index in [9.17, 15) is 9.59 Å². The van der Waals surface area contributed by atoms with Crippen LogP contribution in [0.5, 0.6) is 0 Å². The largest absolute Gasteiger partial charge is 0.478 e. The van der Waals surface area contributed by atoms with Gasteiger partial charge in [-0.2, -0.15) is 0 Å². The number of nitrogens with one attached hydrogen (secondary N) is 1. The number of rotatable bonds is 8. The summed E-state index contributed by atoms with van der Waals surface area (Å²) in [5.41, 5.74) is 0.699. The van der Waals surface area contributed by atoms with Gasteiger partial charge in [-0.05, 0) is 14.0 Å². The molecule has 0 aliphatic carbocycles. The molecule has 0 bridgehead atoms. The van der Waals surface area contributed by atoms with Crippen molar-refractivity contribution in [1.82, 2.24) is 10.2 Å². The summed E-state index contributed by atoms with van der Waals surface area (Å²) in [6, 6.07) is 0. The molecule has 0 rings (SSSR count). The Labute approximate surface area is 101 Å². The van der Waals surface area contributed by atoms with Crippen LogP contribution in [0.4, 0.5) is 0 Å². The van der Waals surface area contributed by atoms with Gasteiger partial charge >= 0.3 is 5.97 Å². The molecule has 2 N–H and O–H groups in total. The molecule has 6 nitrogen and oxygen atoms in total. The molecule has 1 amide bonds. The molecule has 0 aromatic heterocycles. The normalized spacial score (nSPS) is 11.6. The zero-order valence-corrected chi connectivity index (χ0v) is 10.5. The lowest BCUT2D eigenvalue weighted by Crippen LogP contribution is -2.37. The molecule has 17 heavy (non-hydrogen) atoms. The fourth-order valence-electron chi connectivity index (χ4n) is 1.33. The third-order valence-electron chi connectivity index (χ3n) is 1.93. The van der Waals surface area contributed by atoms with Crippen molar-refractivity contribution >= 4 is 11.9 Å². The van der Waals surface area contributed by atoms with Crippen molar-refractivity contribution in [2.24, 2.45) is 0 Å². The maximum atomic E-state index is 11.4. The zero-order valence-electron chi connectivity index (χ0n) is 10.5. The summed E-state index contributed by atoms with van der Waals surface area (Å²) in [7, 11) is 3.33. The number of hydrogen-bond acceptors (Lipinski definition) is 4. The van der Waals surface area contributed by atoms with Gasteiger partial charge in [-0.3, -0.25) is 9.69 Å². The van der Waals surface area contributed by atoms with Gasteiger partial charge in [0.2, 0.25) is 5.91 Å². The Morgan fingerprint density at radius 3 is 2.59 bits per heavy atom. The molecule has 0 aliphatic rings. The van der Waals surface area contributed by atoms with Gasteiger partial charge in [0.15, 0.2) is 0 Å². The van der Waals surface area contributed by atoms with Crippen LogP contribution in [-0.2, 0) is 14.3 Å². The molecule has 0 unspecified atom stereocenters. The Morgan fingerprint density at radius 2 is 2.06 bits per heavy atom. The monoisotopic (exact) mass is 244 g/mol. The summed E-state index contributed by atoms with van der Waals surface area (Å²) >= 11 is 0. The van der Waals surface area contributed by atoms with Crippen molar-refractivity contribution in [3.8, 4) is 0 Å². The first-order valence-electron chi connectivity index (χ1n) is 5.30. The van der Waals surface area contributed by atoms with E-state index in [1.807, 2.05) is 0 Å². The van der Waals surface area contributed by atoms with Crippen molar-refractivity contribution in [2.75, 3.05) is 40.4 Å². The summed E-state index contributed by atoms with van der Waals surface area (Å²) in [6.07, 6.45) is 1.14. The van der Waals surface area contributed by atoms with E-state index in [4.69, 9.17) is 9.84 Å². The van der Waals surface area contributed by atoms with Crippen LogP contribution >= 0.6 is 0 Å². The maximum Gasteiger partial charge on any atom is 0.328 e. The number of amides is 1. The van der Waals surface area contributed by atoms with Crippen LogP contribution in [0, 0.1) is 0 Å². The Kier molecular flexibility index (Phi) is 8.00. The van der Waals surface area contributed by atoms with Crippen molar-refractivity contribution in [1.29, 1.82) is 0 Å². The molecule has 0 saturated heterocycles. The quantitative estimate of drug-likeness (QED) is 0.453. The number of likely N-dealkylation sites (N-methyl/N-ethyl adjacent to an activating group) is 1. The number of ether oxygens (including phenoxy) is 1. The van der Waals surface area contributed by atoms with E-state index >= 15 is 0 Å². The zero-order chi connectivity index (χ0) is 13.3. The lowest BCUT2D eigenvalue weighted by Gasteiger charge is -2.16. The average molecular weight is 244 g/mol. The fraction of sp³-hybridized carbons (Fsp3) is 0.636. The molecule has 0 heterocycles. The van der Waals surface area contributed by atoms with Gasteiger partial charge in [-0.15, -0.1) is 0 Å². The Morgan fingerprint density at radius 1 is 1.41 bits per heavy atom. The van der Waals surface area contributed by atoms with Crippen LogP contribution in [0.15, 0.2) is 11.6 Å². The van der Waals surface area contributed by atoms with Crippen LogP contribution in [0.2, 0.25) is 0 Å². The van der Waals surface area contributed by atoms with E-state index in [-0.39, 0.29) is 12.5 Å². The van der Waals surface area contributed by atoms with Crippen LogP contribution in [-0.4, -0.2) is 62.3 Å². The van der Waals surface area contributed by atoms with Crippen LogP contribution in [0.25, 0.3) is 0 Å². The second-order valence-electron chi connectivity index (χ2n) is 3.84. The third kappa shape index (κ3) is 9.52. The van der Waals surface area contributed by atoms with Crippen molar-refractivity contribution in [3.05, 3.63) is 11.6 Å². The highest BCUT2D eigenvalue weighted by molar-refractivity contribution is 5.80. The molecule has 0 fully saturated rings. The molecule has 0 aliphatic heterocycles. The SMILES string of the molecule is COCCNC(=O)CN(C)C/C(C)=C/C(=O)O. The molecular formula is C11H20N2O4. The standard InChI is InChI=1S/C11H20N2O4/c1-9(6-11(15)16)7-13(2)8-10(14)12-4-5-17-3/h6H,4-5,7-8H2,1-3H3,(H,12,14)(H,15,16)/b9-6+. The van der Waals surface area contributed by atoms with E-state index in [0.29, 0.717) is 25.3 Å². The lowest BCUT2D eigenvalue weighted by molar-refractivity contribution is -0.131. The van der Waals surface area contributed by atoms with Crippen molar-refractivity contribution in [2.45, 2.75) is 6.92 Å². The second-order valence-corrected chi connectivity index (χ2v) is 3.84. The molecule has 6 heteroatoms. The van der Waals surface area contributed by atoms with Gasteiger partial charge in [0.1, 0.15) is 0 Å². The fourth-order valence-corrected chi connectivity index (χ4v) is 1.33. The van der Waals surface area contributed by atoms with Gasteiger partial charge in [-0.25, -0.2) is 4.79 Å². The predicted octanol–water partition coefficient (Wildman–Crippen LogP) is -0.288. The molecule has 0 atom stereocenters. The minimum Gasteiger partial charge on any atom is -0.478 e. The Hall–Kier alpha value is -1.40. The average Bonchev–Trinajstić information content (AvgIpc) is 2.15. The molecule has 0 spiro atoms. The molecule has 0 saturated carbocycles. The summed E-state index contributed by atoms with van der Waals surface area (Å²) in [6.45, 7) is 3.35. The summed E-state index contributed by atoms with van der Waals surface area (Å²) in [4.78, 5) is 23.5.